The molecule has 1 fully saturated rings. The molecule has 0 saturated carbocycles. The molecule has 2 aliphatic heterocycles. The average molecular weight is 365 g/mol. The summed E-state index contributed by atoms with van der Waals surface area (Å²) < 4.78 is 0. The van der Waals surface area contributed by atoms with Gasteiger partial charge in [0, 0.05) is 51.4 Å². The van der Waals surface area contributed by atoms with E-state index < -0.39 is 0 Å². The van der Waals surface area contributed by atoms with E-state index in [0.29, 0.717) is 5.92 Å². The molecule has 3 heterocycles. The number of aliphatic imine (C=N–C) groups is 1. The minimum Gasteiger partial charge on any atom is -0.364 e. The summed E-state index contributed by atoms with van der Waals surface area (Å²) in [7, 11) is 1.86. The molecule has 2 aliphatic rings. The Balaban J connectivity index is 1.28. The van der Waals surface area contributed by atoms with Gasteiger partial charge in [-0.05, 0) is 30.5 Å². The number of aromatic amines is 1. The van der Waals surface area contributed by atoms with Crippen molar-refractivity contribution in [1.82, 2.24) is 25.4 Å². The van der Waals surface area contributed by atoms with Gasteiger partial charge in [-0.2, -0.15) is 5.10 Å². The molecule has 0 spiro atoms. The number of nitrogens with zero attached hydrogens (tertiary/aromatic N) is 5. The van der Waals surface area contributed by atoms with Crippen LogP contribution >= 0.6 is 0 Å². The molecule has 0 aliphatic carbocycles. The first-order valence-electron chi connectivity index (χ1n) is 9.63. The maximum absolute atomic E-state index is 4.47. The number of benzene rings is 1. The van der Waals surface area contributed by atoms with Crippen LogP contribution in [0.25, 0.3) is 0 Å². The van der Waals surface area contributed by atoms with Crippen molar-refractivity contribution >= 4 is 11.6 Å². The summed E-state index contributed by atoms with van der Waals surface area (Å²) in [6.45, 7) is 4.76. The highest BCUT2D eigenvalue weighted by Gasteiger charge is 2.24. The van der Waals surface area contributed by atoms with Crippen LogP contribution in [-0.4, -0.2) is 59.3 Å². The number of anilines is 1. The summed E-state index contributed by atoms with van der Waals surface area (Å²) in [6.07, 6.45) is 8.15. The van der Waals surface area contributed by atoms with Crippen LogP contribution in [0.2, 0.25) is 0 Å². The molecule has 0 radical (unpaired) electrons. The zero-order valence-electron chi connectivity index (χ0n) is 15.8. The Morgan fingerprint density at radius 1 is 1.19 bits per heavy atom. The van der Waals surface area contributed by atoms with Gasteiger partial charge in [0.25, 0.3) is 0 Å². The molecule has 1 saturated heterocycles. The van der Waals surface area contributed by atoms with Crippen LogP contribution in [0, 0.1) is 0 Å². The number of likely N-dealkylation sites (tertiary alicyclic amines) is 1. The summed E-state index contributed by atoms with van der Waals surface area (Å²) in [5, 5.41) is 10.5. The summed E-state index contributed by atoms with van der Waals surface area (Å²) in [5.74, 6) is 2.44. The number of piperidine rings is 1. The van der Waals surface area contributed by atoms with Crippen LogP contribution < -0.4 is 10.2 Å². The lowest BCUT2D eigenvalue weighted by Crippen LogP contribution is -2.45. The van der Waals surface area contributed by atoms with Gasteiger partial charge in [-0.3, -0.25) is 10.1 Å². The Labute approximate surface area is 160 Å². The quantitative estimate of drug-likeness (QED) is 0.493. The first-order chi connectivity index (χ1) is 13.3. The zero-order valence-corrected chi connectivity index (χ0v) is 15.8. The lowest BCUT2D eigenvalue weighted by molar-refractivity contribution is 0.299. The number of aromatic nitrogens is 3. The minimum absolute atomic E-state index is 0.467. The van der Waals surface area contributed by atoms with E-state index in [9.17, 15) is 0 Å². The van der Waals surface area contributed by atoms with E-state index in [1.54, 1.807) is 6.33 Å². The van der Waals surface area contributed by atoms with E-state index in [4.69, 9.17) is 0 Å². The van der Waals surface area contributed by atoms with Gasteiger partial charge in [-0.1, -0.05) is 24.3 Å². The third kappa shape index (κ3) is 4.13. The van der Waals surface area contributed by atoms with Gasteiger partial charge in [0.15, 0.2) is 5.96 Å². The first kappa shape index (κ1) is 17.6. The maximum Gasteiger partial charge on any atom is 0.193 e. The van der Waals surface area contributed by atoms with E-state index >= 15 is 0 Å². The maximum atomic E-state index is 4.47. The second-order valence-corrected chi connectivity index (χ2v) is 7.08. The molecule has 142 valence electrons. The Hall–Kier alpha value is -2.83. The van der Waals surface area contributed by atoms with Crippen LogP contribution in [0.4, 0.5) is 5.69 Å². The fourth-order valence-corrected chi connectivity index (χ4v) is 3.80. The van der Waals surface area contributed by atoms with Crippen LogP contribution in [0.1, 0.15) is 30.1 Å². The van der Waals surface area contributed by atoms with E-state index in [-0.39, 0.29) is 0 Å². The van der Waals surface area contributed by atoms with Gasteiger partial charge in [-0.15, -0.1) is 0 Å². The molecule has 0 unspecified atom stereocenters. The fourth-order valence-electron chi connectivity index (χ4n) is 3.80. The molecule has 0 bridgehead atoms. The van der Waals surface area contributed by atoms with Crippen molar-refractivity contribution in [2.45, 2.75) is 25.3 Å². The third-order valence-corrected chi connectivity index (χ3v) is 5.40. The molecular formula is C20H27N7. The monoisotopic (exact) mass is 365 g/mol. The van der Waals surface area contributed by atoms with Crippen LogP contribution in [0.3, 0.4) is 0 Å². The Morgan fingerprint density at radius 2 is 1.93 bits per heavy atom. The normalized spacial score (nSPS) is 18.3. The molecule has 0 amide bonds. The van der Waals surface area contributed by atoms with Crippen molar-refractivity contribution in [1.29, 1.82) is 0 Å². The van der Waals surface area contributed by atoms with Crippen molar-refractivity contribution in [2.75, 3.05) is 38.1 Å². The third-order valence-electron chi connectivity index (χ3n) is 5.40. The van der Waals surface area contributed by atoms with Crippen LogP contribution in [0.15, 0.2) is 47.7 Å². The first-order valence-corrected chi connectivity index (χ1v) is 9.63. The zero-order chi connectivity index (χ0) is 18.5. The largest absolute Gasteiger partial charge is 0.364 e. The number of guanidine groups is 1. The number of hydrogen-bond acceptors (Lipinski definition) is 4. The molecular weight excluding hydrogens is 338 g/mol. The van der Waals surface area contributed by atoms with Crippen molar-refractivity contribution in [3.05, 3.63) is 54.1 Å². The van der Waals surface area contributed by atoms with Crippen molar-refractivity contribution in [3.8, 4) is 0 Å². The minimum atomic E-state index is 0.467. The molecule has 4 rings (SSSR count). The van der Waals surface area contributed by atoms with Crippen molar-refractivity contribution in [2.24, 2.45) is 4.99 Å². The molecule has 2 aromatic rings. The van der Waals surface area contributed by atoms with Gasteiger partial charge in [0.2, 0.25) is 0 Å². The number of nitrogens with one attached hydrogen (secondary N) is 2. The lowest BCUT2D eigenvalue weighted by Gasteiger charge is -2.33. The highest BCUT2D eigenvalue weighted by Crippen LogP contribution is 2.25. The summed E-state index contributed by atoms with van der Waals surface area (Å²) in [6, 6.07) is 8.81. The summed E-state index contributed by atoms with van der Waals surface area (Å²) in [4.78, 5) is 13.5. The Kier molecular flexibility index (Phi) is 5.37. The predicted molar refractivity (Wildman–Crippen MR) is 108 cm³/mol. The summed E-state index contributed by atoms with van der Waals surface area (Å²) >= 11 is 0. The standard InChI is InChI=1S/C20H27N7/c1-21-20(27-12-8-17(9-13-27)19-23-15-24-25-19)22-14-16-4-6-18(7-5-16)26-10-2-3-11-26/h2-7,15,17H,8-14H2,1H3,(H,21,22)(H,23,24,25). The van der Waals surface area contributed by atoms with E-state index in [1.165, 1.54) is 11.3 Å². The van der Waals surface area contributed by atoms with E-state index in [2.05, 4.69) is 71.7 Å². The van der Waals surface area contributed by atoms with E-state index in [1.807, 2.05) is 7.05 Å². The van der Waals surface area contributed by atoms with Gasteiger partial charge in [0.05, 0.1) is 0 Å². The van der Waals surface area contributed by atoms with Crippen LogP contribution in [0.5, 0.6) is 0 Å². The molecule has 1 aromatic heterocycles. The fraction of sp³-hybridized carbons (Fsp3) is 0.450. The molecule has 7 nitrogen and oxygen atoms in total. The summed E-state index contributed by atoms with van der Waals surface area (Å²) in [5.41, 5.74) is 2.55. The average Bonchev–Trinajstić information content (AvgIpc) is 3.44. The van der Waals surface area contributed by atoms with Crippen molar-refractivity contribution in [3.63, 3.8) is 0 Å². The van der Waals surface area contributed by atoms with E-state index in [0.717, 1.165) is 57.3 Å². The molecule has 0 atom stereocenters. The molecule has 27 heavy (non-hydrogen) atoms. The number of H-pyrrole nitrogens is 1. The smallest absolute Gasteiger partial charge is 0.193 e. The van der Waals surface area contributed by atoms with Crippen LogP contribution in [-0.2, 0) is 6.54 Å². The van der Waals surface area contributed by atoms with Gasteiger partial charge < -0.3 is 15.1 Å². The molecule has 1 aromatic carbocycles. The molecule has 2 N–H and O–H groups in total. The highest BCUT2D eigenvalue weighted by molar-refractivity contribution is 5.80. The Morgan fingerprint density at radius 3 is 2.56 bits per heavy atom. The predicted octanol–water partition coefficient (Wildman–Crippen LogP) is 2.14. The second kappa shape index (κ2) is 8.24. The topological polar surface area (TPSA) is 72.4 Å². The lowest BCUT2D eigenvalue weighted by atomic mass is 9.96. The molecule has 7 heteroatoms. The number of rotatable bonds is 4. The number of hydrogen-bond donors (Lipinski definition) is 2. The SMILES string of the molecule is CN=C(NCc1ccc(N2CC=CC2)cc1)N1CCC(c2ncn[nH]2)CC1. The highest BCUT2D eigenvalue weighted by atomic mass is 15.3. The van der Waals surface area contributed by atoms with Gasteiger partial charge in [-0.25, -0.2) is 4.98 Å². The van der Waals surface area contributed by atoms with Crippen molar-refractivity contribution < 1.29 is 0 Å². The Bertz CT molecular complexity index is 763. The second-order valence-electron chi connectivity index (χ2n) is 7.08. The van der Waals surface area contributed by atoms with Gasteiger partial charge in [0.1, 0.15) is 12.2 Å². The van der Waals surface area contributed by atoms with Gasteiger partial charge >= 0.3 is 0 Å².